The molecule has 0 saturated heterocycles. The van der Waals surface area contributed by atoms with E-state index in [4.69, 9.17) is 0 Å². The zero-order valence-electron chi connectivity index (χ0n) is 16.3. The standard InChI is InChI=1S/C15H18N4OS.C5H10/c1-5-8-19(4)10-17-14-12(9-20)21-15-13(14)11(18(2)3)6-7-16-15;1-3-5-4-2/h5-10H,1-4H3;3H,1,4-5H2,2H3/b8-5+,17-10?;. The number of fused-ring (bicyclic) bond motifs is 1. The number of unbranched alkanes of at least 4 members (excludes halogenated alkanes) is 1. The Morgan fingerprint density at radius 3 is 2.58 bits per heavy atom. The highest BCUT2D eigenvalue weighted by atomic mass is 32.1. The molecule has 0 aliphatic carbocycles. The number of hydrogen-bond acceptors (Lipinski definition) is 5. The highest BCUT2D eigenvalue weighted by Crippen LogP contribution is 2.40. The van der Waals surface area contributed by atoms with Crippen molar-refractivity contribution in [3.05, 3.63) is 42.1 Å². The maximum absolute atomic E-state index is 11.3. The second-order valence-corrected chi connectivity index (χ2v) is 6.84. The van der Waals surface area contributed by atoms with Crippen molar-refractivity contribution in [3.8, 4) is 0 Å². The Bertz CT molecular complexity index is 777. The monoisotopic (exact) mass is 372 g/mol. The van der Waals surface area contributed by atoms with E-state index in [-0.39, 0.29) is 0 Å². The maximum Gasteiger partial charge on any atom is 0.162 e. The van der Waals surface area contributed by atoms with Crippen LogP contribution in [0.4, 0.5) is 11.4 Å². The molecule has 0 aromatic carbocycles. The van der Waals surface area contributed by atoms with Gasteiger partial charge in [0.25, 0.3) is 0 Å². The van der Waals surface area contributed by atoms with Gasteiger partial charge in [0.2, 0.25) is 0 Å². The van der Waals surface area contributed by atoms with Crippen LogP contribution in [0.1, 0.15) is 36.4 Å². The summed E-state index contributed by atoms with van der Waals surface area (Å²) in [5.41, 5.74) is 1.68. The number of anilines is 1. The molecule has 0 bridgehead atoms. The Morgan fingerprint density at radius 2 is 2.08 bits per heavy atom. The van der Waals surface area contributed by atoms with E-state index in [1.54, 1.807) is 12.5 Å². The van der Waals surface area contributed by atoms with Crippen molar-refractivity contribution in [1.82, 2.24) is 9.88 Å². The quantitative estimate of drug-likeness (QED) is 0.287. The molecule has 0 amide bonds. The largest absolute Gasteiger partial charge is 0.377 e. The number of nitrogens with zero attached hydrogens (tertiary/aromatic N) is 4. The molecule has 2 rings (SSSR count). The van der Waals surface area contributed by atoms with Crippen molar-refractivity contribution in [3.63, 3.8) is 0 Å². The summed E-state index contributed by atoms with van der Waals surface area (Å²) in [4.78, 5) is 25.4. The van der Waals surface area contributed by atoms with E-state index < -0.39 is 0 Å². The zero-order valence-corrected chi connectivity index (χ0v) is 17.1. The van der Waals surface area contributed by atoms with Crippen LogP contribution < -0.4 is 4.90 Å². The minimum absolute atomic E-state index is 0.594. The Hall–Kier alpha value is -2.47. The Labute approximate surface area is 160 Å². The predicted molar refractivity (Wildman–Crippen MR) is 115 cm³/mol. The molecule has 6 heteroatoms. The van der Waals surface area contributed by atoms with Crippen molar-refractivity contribution in [1.29, 1.82) is 0 Å². The molecule has 0 aliphatic heterocycles. The van der Waals surface area contributed by atoms with Crippen molar-refractivity contribution in [2.75, 3.05) is 26.0 Å². The van der Waals surface area contributed by atoms with Gasteiger partial charge in [-0.25, -0.2) is 9.98 Å². The smallest absolute Gasteiger partial charge is 0.162 e. The van der Waals surface area contributed by atoms with E-state index in [2.05, 4.69) is 23.5 Å². The molecule has 140 valence electrons. The molecule has 0 aliphatic rings. The van der Waals surface area contributed by atoms with E-state index in [1.165, 1.54) is 17.8 Å². The van der Waals surface area contributed by atoms with Crippen molar-refractivity contribution in [2.45, 2.75) is 26.7 Å². The number of pyridine rings is 1. The fourth-order valence-corrected chi connectivity index (χ4v) is 3.14. The molecule has 0 radical (unpaired) electrons. The van der Waals surface area contributed by atoms with Crippen LogP contribution in [0.25, 0.3) is 10.2 Å². The number of hydrogen-bond donors (Lipinski definition) is 0. The number of thiophene rings is 1. The Balaban J connectivity index is 0.000000597. The van der Waals surface area contributed by atoms with E-state index >= 15 is 0 Å². The average molecular weight is 373 g/mol. The normalized spacial score (nSPS) is 10.8. The number of allylic oxidation sites excluding steroid dienone is 2. The SMILES string of the molecule is C/C=C/N(C)C=Nc1c(C=O)sc2nccc(N(C)C)c12.C=CCCC. The highest BCUT2D eigenvalue weighted by molar-refractivity contribution is 7.21. The summed E-state index contributed by atoms with van der Waals surface area (Å²) in [6.45, 7) is 7.63. The Kier molecular flexibility index (Phi) is 9.30. The van der Waals surface area contributed by atoms with Gasteiger partial charge < -0.3 is 9.80 Å². The fourth-order valence-electron chi connectivity index (χ4n) is 2.22. The number of aromatic nitrogens is 1. The van der Waals surface area contributed by atoms with Crippen molar-refractivity contribution in [2.24, 2.45) is 4.99 Å². The van der Waals surface area contributed by atoms with Gasteiger partial charge in [0, 0.05) is 33.5 Å². The Morgan fingerprint density at radius 1 is 1.35 bits per heavy atom. The van der Waals surface area contributed by atoms with Gasteiger partial charge in [-0.2, -0.15) is 0 Å². The number of carbonyl (C=O) groups is 1. The summed E-state index contributed by atoms with van der Waals surface area (Å²) in [5, 5.41) is 0.916. The third kappa shape index (κ3) is 5.81. The lowest BCUT2D eigenvalue weighted by Gasteiger charge is -2.13. The van der Waals surface area contributed by atoms with E-state index in [0.29, 0.717) is 10.6 Å². The molecular weight excluding hydrogens is 344 g/mol. The molecule has 0 N–H and O–H groups in total. The first-order chi connectivity index (χ1) is 12.5. The maximum atomic E-state index is 11.3. The van der Waals surface area contributed by atoms with Crippen LogP contribution in [-0.4, -0.2) is 43.7 Å². The molecule has 2 heterocycles. The lowest BCUT2D eigenvalue weighted by atomic mass is 10.2. The van der Waals surface area contributed by atoms with Crippen molar-refractivity contribution < 1.29 is 4.79 Å². The molecule has 2 aromatic rings. The van der Waals surface area contributed by atoms with Gasteiger partial charge >= 0.3 is 0 Å². The van der Waals surface area contributed by atoms with Crippen LogP contribution in [-0.2, 0) is 0 Å². The summed E-state index contributed by atoms with van der Waals surface area (Å²) >= 11 is 1.36. The van der Waals surface area contributed by atoms with Gasteiger partial charge in [0.15, 0.2) is 6.29 Å². The third-order valence-corrected chi connectivity index (χ3v) is 4.42. The molecule has 26 heavy (non-hydrogen) atoms. The minimum atomic E-state index is 0.594. The van der Waals surface area contributed by atoms with Gasteiger partial charge in [0.1, 0.15) is 4.83 Å². The number of aldehydes is 1. The molecule has 0 spiro atoms. The minimum Gasteiger partial charge on any atom is -0.377 e. The molecule has 5 nitrogen and oxygen atoms in total. The van der Waals surface area contributed by atoms with Crippen LogP contribution >= 0.6 is 11.3 Å². The molecule has 0 saturated carbocycles. The molecule has 0 unspecified atom stereocenters. The molecule has 2 aromatic heterocycles. The van der Waals surface area contributed by atoms with E-state index in [0.717, 1.165) is 28.6 Å². The average Bonchev–Trinajstić information content (AvgIpc) is 2.99. The highest BCUT2D eigenvalue weighted by Gasteiger charge is 2.16. The lowest BCUT2D eigenvalue weighted by molar-refractivity contribution is 0.112. The first-order valence-corrected chi connectivity index (χ1v) is 9.35. The first kappa shape index (κ1) is 21.6. The summed E-state index contributed by atoms with van der Waals surface area (Å²) < 4.78 is 0. The fraction of sp³-hybridized carbons (Fsp3) is 0.350. The summed E-state index contributed by atoms with van der Waals surface area (Å²) in [7, 11) is 5.82. The van der Waals surface area contributed by atoms with E-state index in [1.807, 2.05) is 62.3 Å². The van der Waals surface area contributed by atoms with Gasteiger partial charge in [0.05, 0.1) is 28.0 Å². The number of aliphatic imine (C=N–C) groups is 1. The van der Waals surface area contributed by atoms with Crippen molar-refractivity contribution >= 4 is 45.6 Å². The van der Waals surface area contributed by atoms with Crippen LogP contribution in [0.5, 0.6) is 0 Å². The van der Waals surface area contributed by atoms with Crippen LogP contribution in [0.3, 0.4) is 0 Å². The summed E-state index contributed by atoms with van der Waals surface area (Å²) in [5.74, 6) is 0. The summed E-state index contributed by atoms with van der Waals surface area (Å²) in [6.07, 6.45) is 12.4. The molecule has 0 atom stereocenters. The van der Waals surface area contributed by atoms with Crippen LogP contribution in [0.2, 0.25) is 0 Å². The van der Waals surface area contributed by atoms with E-state index in [9.17, 15) is 4.79 Å². The molecular formula is C20H28N4OS. The third-order valence-electron chi connectivity index (χ3n) is 3.41. The number of carbonyl (C=O) groups excluding carboxylic acids is 1. The van der Waals surface area contributed by atoms with Gasteiger partial charge in [-0.3, -0.25) is 4.79 Å². The van der Waals surface area contributed by atoms with Crippen LogP contribution in [0, 0.1) is 0 Å². The van der Waals surface area contributed by atoms with Crippen LogP contribution in [0.15, 0.2) is 42.2 Å². The zero-order chi connectivity index (χ0) is 19.5. The molecule has 0 fully saturated rings. The lowest BCUT2D eigenvalue weighted by Crippen LogP contribution is -2.09. The van der Waals surface area contributed by atoms with Gasteiger partial charge in [-0.1, -0.05) is 25.5 Å². The second kappa shape index (κ2) is 11.2. The predicted octanol–water partition coefficient (Wildman–Crippen LogP) is 5.27. The van der Waals surface area contributed by atoms with Gasteiger partial charge in [-0.15, -0.1) is 17.9 Å². The summed E-state index contributed by atoms with van der Waals surface area (Å²) in [6, 6.07) is 1.93. The topological polar surface area (TPSA) is 48.8 Å². The van der Waals surface area contributed by atoms with Gasteiger partial charge in [-0.05, 0) is 19.4 Å². The second-order valence-electron chi connectivity index (χ2n) is 5.81. The number of rotatable bonds is 7. The first-order valence-electron chi connectivity index (χ1n) is 8.53.